The molecule has 0 aliphatic heterocycles. The normalized spacial score (nSPS) is 11.2. The third-order valence-electron chi connectivity index (χ3n) is 3.53. The van der Waals surface area contributed by atoms with E-state index in [9.17, 15) is 0 Å². The molecule has 2 aromatic carbocycles. The maximum absolute atomic E-state index is 6.11. The number of para-hydroxylation sites is 1. The van der Waals surface area contributed by atoms with E-state index in [0.29, 0.717) is 16.6 Å². The highest BCUT2D eigenvalue weighted by Gasteiger charge is 2.08. The lowest BCUT2D eigenvalue weighted by Gasteiger charge is -2.06. The Balaban J connectivity index is 1.97. The minimum absolute atomic E-state index is 0.130. The van der Waals surface area contributed by atoms with Gasteiger partial charge in [-0.25, -0.2) is 0 Å². The Bertz CT molecular complexity index is 933. The fourth-order valence-corrected chi connectivity index (χ4v) is 2.88. The molecule has 3 N–H and O–H groups in total. The highest BCUT2D eigenvalue weighted by Crippen LogP contribution is 2.25. The first-order valence-corrected chi connectivity index (χ1v) is 8.31. The van der Waals surface area contributed by atoms with Crippen molar-refractivity contribution in [2.75, 3.05) is 0 Å². The van der Waals surface area contributed by atoms with Crippen molar-refractivity contribution >= 4 is 57.6 Å². The van der Waals surface area contributed by atoms with Crippen LogP contribution in [-0.2, 0) is 6.54 Å². The van der Waals surface area contributed by atoms with E-state index >= 15 is 0 Å². The third kappa shape index (κ3) is 3.70. The van der Waals surface area contributed by atoms with Crippen molar-refractivity contribution in [2.45, 2.75) is 6.54 Å². The topological polar surface area (TPSA) is 55.3 Å². The van der Waals surface area contributed by atoms with E-state index in [2.05, 4.69) is 21.2 Å². The van der Waals surface area contributed by atoms with Gasteiger partial charge < -0.3 is 10.3 Å². The van der Waals surface area contributed by atoms with Gasteiger partial charge >= 0.3 is 0 Å². The Morgan fingerprint density at radius 3 is 2.75 bits per heavy atom. The van der Waals surface area contributed by atoms with Crippen molar-refractivity contribution in [3.8, 4) is 0 Å². The van der Waals surface area contributed by atoms with Crippen LogP contribution in [0.2, 0.25) is 10.0 Å². The molecular formula is C17H14Cl2N4S. The molecule has 0 bridgehead atoms. The molecule has 0 aliphatic carbocycles. The first kappa shape index (κ1) is 16.8. The van der Waals surface area contributed by atoms with Crippen LogP contribution in [-0.4, -0.2) is 15.9 Å². The van der Waals surface area contributed by atoms with Crippen LogP contribution in [0.25, 0.3) is 10.9 Å². The number of benzene rings is 2. The van der Waals surface area contributed by atoms with Gasteiger partial charge in [-0.1, -0.05) is 47.5 Å². The number of hydrogen-bond donors (Lipinski definition) is 2. The summed E-state index contributed by atoms with van der Waals surface area (Å²) in [5, 5.41) is 6.36. The number of nitrogens with two attached hydrogens (primary N) is 1. The fraction of sp³-hybridized carbons (Fsp3) is 0.0588. The maximum Gasteiger partial charge on any atom is 0.184 e. The van der Waals surface area contributed by atoms with E-state index in [0.717, 1.165) is 22.0 Å². The number of rotatable bonds is 4. The molecule has 0 saturated carbocycles. The lowest BCUT2D eigenvalue weighted by molar-refractivity contribution is 0.836. The molecule has 3 rings (SSSR count). The molecule has 0 aliphatic rings. The zero-order chi connectivity index (χ0) is 17.1. The molecule has 24 heavy (non-hydrogen) atoms. The minimum atomic E-state index is 0.130. The standard InChI is InChI=1S/C17H14Cl2N4S/c18-14-6-5-11(7-15(14)19)9-23-10-12(8-21-22-17(20)24)13-3-1-2-4-16(13)23/h1-8,10H,9H2,(H3,20,22,24)/b21-8-. The summed E-state index contributed by atoms with van der Waals surface area (Å²) in [5.41, 5.74) is 11.1. The predicted molar refractivity (Wildman–Crippen MR) is 105 cm³/mol. The summed E-state index contributed by atoms with van der Waals surface area (Å²) in [7, 11) is 0. The fourth-order valence-electron chi connectivity index (χ4n) is 2.51. The van der Waals surface area contributed by atoms with Gasteiger partial charge in [0, 0.05) is 29.2 Å². The van der Waals surface area contributed by atoms with Gasteiger partial charge in [-0.3, -0.25) is 5.43 Å². The van der Waals surface area contributed by atoms with Gasteiger partial charge in [0.2, 0.25) is 0 Å². The monoisotopic (exact) mass is 376 g/mol. The lowest BCUT2D eigenvalue weighted by Crippen LogP contribution is -2.23. The largest absolute Gasteiger partial charge is 0.375 e. The quantitative estimate of drug-likeness (QED) is 0.408. The van der Waals surface area contributed by atoms with Crippen LogP contribution in [0.1, 0.15) is 11.1 Å². The summed E-state index contributed by atoms with van der Waals surface area (Å²) in [6.07, 6.45) is 3.73. The van der Waals surface area contributed by atoms with Gasteiger partial charge in [-0.15, -0.1) is 0 Å². The molecule has 0 saturated heterocycles. The Morgan fingerprint density at radius 2 is 2.00 bits per heavy atom. The molecule has 0 fully saturated rings. The van der Waals surface area contributed by atoms with Crippen molar-refractivity contribution in [1.29, 1.82) is 0 Å². The van der Waals surface area contributed by atoms with Crippen LogP contribution in [0.5, 0.6) is 0 Å². The van der Waals surface area contributed by atoms with Gasteiger partial charge in [0.25, 0.3) is 0 Å². The van der Waals surface area contributed by atoms with E-state index < -0.39 is 0 Å². The number of fused-ring (bicyclic) bond motifs is 1. The average Bonchev–Trinajstić information content (AvgIpc) is 2.89. The summed E-state index contributed by atoms with van der Waals surface area (Å²) in [4.78, 5) is 0. The van der Waals surface area contributed by atoms with Crippen molar-refractivity contribution in [2.24, 2.45) is 10.8 Å². The number of aromatic nitrogens is 1. The molecule has 0 unspecified atom stereocenters. The highest BCUT2D eigenvalue weighted by molar-refractivity contribution is 7.80. The molecule has 1 aromatic heterocycles. The summed E-state index contributed by atoms with van der Waals surface area (Å²) >= 11 is 16.8. The van der Waals surface area contributed by atoms with Crippen LogP contribution in [0, 0.1) is 0 Å². The van der Waals surface area contributed by atoms with Crippen LogP contribution < -0.4 is 11.2 Å². The van der Waals surface area contributed by atoms with Crippen molar-refractivity contribution in [1.82, 2.24) is 9.99 Å². The van der Waals surface area contributed by atoms with Crippen molar-refractivity contribution in [3.05, 3.63) is 69.8 Å². The van der Waals surface area contributed by atoms with E-state index in [1.54, 1.807) is 12.3 Å². The molecule has 1 heterocycles. The smallest absolute Gasteiger partial charge is 0.184 e. The number of halogens is 2. The Hall–Kier alpha value is -2.08. The Kier molecular flexibility index (Phi) is 5.04. The van der Waals surface area contributed by atoms with Crippen LogP contribution >= 0.6 is 35.4 Å². The predicted octanol–water partition coefficient (Wildman–Crippen LogP) is 4.16. The minimum Gasteiger partial charge on any atom is -0.375 e. The summed E-state index contributed by atoms with van der Waals surface area (Å²) in [6.45, 7) is 0.675. The molecule has 0 radical (unpaired) electrons. The van der Waals surface area contributed by atoms with Gasteiger partial charge in [-0.05, 0) is 36.0 Å². The van der Waals surface area contributed by atoms with Crippen molar-refractivity contribution in [3.63, 3.8) is 0 Å². The molecule has 0 spiro atoms. The molecule has 4 nitrogen and oxygen atoms in total. The second kappa shape index (κ2) is 7.21. The first-order valence-electron chi connectivity index (χ1n) is 7.15. The summed E-state index contributed by atoms with van der Waals surface area (Å²) in [5.74, 6) is 0. The number of nitrogens with one attached hydrogen (secondary N) is 1. The van der Waals surface area contributed by atoms with E-state index in [1.165, 1.54) is 0 Å². The Labute approximate surface area is 154 Å². The van der Waals surface area contributed by atoms with Crippen LogP contribution in [0.15, 0.2) is 53.8 Å². The van der Waals surface area contributed by atoms with E-state index in [4.69, 9.17) is 41.2 Å². The molecular weight excluding hydrogens is 363 g/mol. The third-order valence-corrected chi connectivity index (χ3v) is 4.37. The first-order chi connectivity index (χ1) is 11.5. The molecule has 0 amide bonds. The van der Waals surface area contributed by atoms with E-state index in [1.807, 2.05) is 36.5 Å². The number of nitrogens with zero attached hydrogens (tertiary/aromatic N) is 2. The maximum atomic E-state index is 6.11. The molecule has 122 valence electrons. The molecule has 7 heteroatoms. The second-order valence-electron chi connectivity index (χ2n) is 5.21. The van der Waals surface area contributed by atoms with Gasteiger partial charge in [0.15, 0.2) is 5.11 Å². The molecule has 3 aromatic rings. The van der Waals surface area contributed by atoms with Gasteiger partial charge in [0.05, 0.1) is 16.3 Å². The Morgan fingerprint density at radius 1 is 1.21 bits per heavy atom. The lowest BCUT2D eigenvalue weighted by atomic mass is 10.2. The zero-order valence-electron chi connectivity index (χ0n) is 12.5. The van der Waals surface area contributed by atoms with Gasteiger partial charge in [0.1, 0.15) is 0 Å². The second-order valence-corrected chi connectivity index (χ2v) is 6.47. The molecule has 0 atom stereocenters. The SMILES string of the molecule is NC(=S)N/N=C\c1cn(Cc2ccc(Cl)c(Cl)c2)c2ccccc12. The number of thiocarbonyl (C=S) groups is 1. The number of hydrogen-bond acceptors (Lipinski definition) is 2. The highest BCUT2D eigenvalue weighted by atomic mass is 35.5. The van der Waals surface area contributed by atoms with Crippen LogP contribution in [0.3, 0.4) is 0 Å². The summed E-state index contributed by atoms with van der Waals surface area (Å²) in [6, 6.07) is 13.7. The van der Waals surface area contributed by atoms with Crippen molar-refractivity contribution < 1.29 is 0 Å². The average molecular weight is 377 g/mol. The van der Waals surface area contributed by atoms with Gasteiger partial charge in [-0.2, -0.15) is 5.10 Å². The zero-order valence-corrected chi connectivity index (χ0v) is 14.9. The summed E-state index contributed by atoms with van der Waals surface area (Å²) < 4.78 is 2.14. The van der Waals surface area contributed by atoms with Crippen LogP contribution in [0.4, 0.5) is 0 Å². The number of hydrazone groups is 1. The van der Waals surface area contributed by atoms with E-state index in [-0.39, 0.29) is 5.11 Å².